The highest BCUT2D eigenvalue weighted by molar-refractivity contribution is 5.75. The first-order valence-electron chi connectivity index (χ1n) is 10.7. The van der Waals surface area contributed by atoms with E-state index in [2.05, 4.69) is 33.7 Å². The summed E-state index contributed by atoms with van der Waals surface area (Å²) in [5, 5.41) is 0. The number of unbranched alkanes of at least 4 members (excludes halogenated alkanes) is 1. The van der Waals surface area contributed by atoms with E-state index < -0.39 is 0 Å². The summed E-state index contributed by atoms with van der Waals surface area (Å²) in [6, 6.07) is 18.6. The molecule has 0 N–H and O–H groups in total. The van der Waals surface area contributed by atoms with Crippen LogP contribution in [0.4, 0.5) is 0 Å². The molecule has 2 heterocycles. The molecule has 0 unspecified atom stereocenters. The van der Waals surface area contributed by atoms with Gasteiger partial charge in [-0.05, 0) is 76.0 Å². The van der Waals surface area contributed by atoms with Gasteiger partial charge in [-0.15, -0.1) is 0 Å². The van der Waals surface area contributed by atoms with Gasteiger partial charge in [0.1, 0.15) is 11.6 Å². The number of likely N-dealkylation sites (tertiary alicyclic amines) is 1. The number of para-hydroxylation sites is 3. The lowest BCUT2D eigenvalue weighted by Crippen LogP contribution is -2.21. The molecule has 0 spiro atoms. The molecule has 28 heavy (non-hydrogen) atoms. The fourth-order valence-corrected chi connectivity index (χ4v) is 4.11. The minimum absolute atomic E-state index is 0.765. The maximum Gasteiger partial charge on any atom is 0.119 e. The highest BCUT2D eigenvalue weighted by atomic mass is 16.5. The van der Waals surface area contributed by atoms with Gasteiger partial charge < -0.3 is 14.2 Å². The van der Waals surface area contributed by atoms with Crippen LogP contribution in [0.15, 0.2) is 54.6 Å². The van der Waals surface area contributed by atoms with Gasteiger partial charge in [0.25, 0.3) is 0 Å². The molecule has 1 aliphatic heterocycles. The second-order valence-electron chi connectivity index (χ2n) is 7.69. The third kappa shape index (κ3) is 4.93. The third-order valence-electron chi connectivity index (χ3n) is 5.60. The van der Waals surface area contributed by atoms with Gasteiger partial charge in [0.2, 0.25) is 0 Å². The lowest BCUT2D eigenvalue weighted by atomic mass is 10.2. The minimum Gasteiger partial charge on any atom is -0.494 e. The monoisotopic (exact) mass is 377 g/mol. The van der Waals surface area contributed by atoms with Gasteiger partial charge in [0, 0.05) is 13.0 Å². The highest BCUT2D eigenvalue weighted by Crippen LogP contribution is 2.19. The molecule has 0 bridgehead atoms. The van der Waals surface area contributed by atoms with Gasteiger partial charge in [0.15, 0.2) is 0 Å². The van der Waals surface area contributed by atoms with E-state index >= 15 is 0 Å². The molecule has 0 aliphatic carbocycles. The van der Waals surface area contributed by atoms with Crippen LogP contribution in [0.25, 0.3) is 11.0 Å². The Bertz CT molecular complexity index is 853. The Balaban J connectivity index is 1.31. The molecule has 1 aliphatic rings. The molecule has 1 fully saturated rings. The summed E-state index contributed by atoms with van der Waals surface area (Å²) < 4.78 is 8.27. The van der Waals surface area contributed by atoms with Crippen molar-refractivity contribution in [1.29, 1.82) is 0 Å². The van der Waals surface area contributed by atoms with E-state index in [1.54, 1.807) is 0 Å². The molecule has 4 rings (SSSR count). The van der Waals surface area contributed by atoms with E-state index in [1.165, 1.54) is 50.2 Å². The molecule has 3 aromatic rings. The first kappa shape index (κ1) is 19.0. The van der Waals surface area contributed by atoms with E-state index in [1.807, 2.05) is 30.3 Å². The normalized spacial score (nSPS) is 14.7. The van der Waals surface area contributed by atoms with E-state index in [4.69, 9.17) is 9.72 Å². The summed E-state index contributed by atoms with van der Waals surface area (Å²) in [4.78, 5) is 7.53. The first-order valence-corrected chi connectivity index (χ1v) is 10.7. The number of ether oxygens (including phenoxy) is 1. The number of nitrogens with zero attached hydrogens (tertiary/aromatic N) is 3. The van der Waals surface area contributed by atoms with Crippen LogP contribution in [0.1, 0.15) is 37.9 Å². The number of aromatic nitrogens is 2. The van der Waals surface area contributed by atoms with Gasteiger partial charge in [0.05, 0.1) is 17.6 Å². The summed E-state index contributed by atoms with van der Waals surface area (Å²) in [5.41, 5.74) is 2.39. The van der Waals surface area contributed by atoms with Gasteiger partial charge >= 0.3 is 0 Å². The molecule has 0 saturated carbocycles. The maximum atomic E-state index is 5.83. The quantitative estimate of drug-likeness (QED) is 0.470. The molecule has 4 heteroatoms. The SMILES string of the molecule is c1ccc(OCCCCn2c(CCCN3CCCC3)nc3ccccc32)cc1. The Morgan fingerprint density at radius 2 is 1.61 bits per heavy atom. The summed E-state index contributed by atoms with van der Waals surface area (Å²) in [5.74, 6) is 2.20. The van der Waals surface area contributed by atoms with Crippen molar-refractivity contribution in [3.63, 3.8) is 0 Å². The van der Waals surface area contributed by atoms with Gasteiger partial charge in [-0.25, -0.2) is 4.98 Å². The molecule has 148 valence electrons. The molecule has 0 amide bonds. The summed E-state index contributed by atoms with van der Waals surface area (Å²) >= 11 is 0. The molecule has 4 nitrogen and oxygen atoms in total. The van der Waals surface area contributed by atoms with Gasteiger partial charge in [-0.3, -0.25) is 0 Å². The average Bonchev–Trinajstić information content (AvgIpc) is 3.37. The lowest BCUT2D eigenvalue weighted by Gasteiger charge is -2.14. The average molecular weight is 378 g/mol. The molecule has 0 atom stereocenters. The molecule has 2 aromatic carbocycles. The smallest absolute Gasteiger partial charge is 0.119 e. The van der Waals surface area contributed by atoms with Crippen LogP contribution in [0.3, 0.4) is 0 Å². The Kier molecular flexibility index (Phi) is 6.61. The number of fused-ring (bicyclic) bond motifs is 1. The van der Waals surface area contributed by atoms with Gasteiger partial charge in [-0.2, -0.15) is 0 Å². The van der Waals surface area contributed by atoms with Crippen LogP contribution >= 0.6 is 0 Å². The number of benzene rings is 2. The standard InChI is InChI=1S/C24H31N3O/c1-2-11-21(12-3-1)28-20-9-8-19-27-23-14-5-4-13-22(23)25-24(27)15-10-18-26-16-6-7-17-26/h1-5,11-14H,6-10,15-20H2. The number of aryl methyl sites for hydroxylation is 2. The highest BCUT2D eigenvalue weighted by Gasteiger charge is 2.13. The number of rotatable bonds is 10. The Labute approximate surface area is 168 Å². The Hall–Kier alpha value is -2.33. The Morgan fingerprint density at radius 1 is 0.821 bits per heavy atom. The van der Waals surface area contributed by atoms with Crippen molar-refractivity contribution in [1.82, 2.24) is 14.5 Å². The van der Waals surface area contributed by atoms with Crippen molar-refractivity contribution in [2.45, 2.75) is 45.1 Å². The van der Waals surface area contributed by atoms with E-state index in [0.29, 0.717) is 0 Å². The van der Waals surface area contributed by atoms with Crippen LogP contribution in [-0.4, -0.2) is 40.7 Å². The van der Waals surface area contributed by atoms with Gasteiger partial charge in [-0.1, -0.05) is 30.3 Å². The van der Waals surface area contributed by atoms with Crippen LogP contribution in [0, 0.1) is 0 Å². The van der Waals surface area contributed by atoms with Crippen molar-refractivity contribution in [2.24, 2.45) is 0 Å². The topological polar surface area (TPSA) is 30.3 Å². The van der Waals surface area contributed by atoms with Crippen molar-refractivity contribution in [3.05, 3.63) is 60.4 Å². The van der Waals surface area contributed by atoms with E-state index in [9.17, 15) is 0 Å². The molecule has 1 aromatic heterocycles. The van der Waals surface area contributed by atoms with E-state index in [-0.39, 0.29) is 0 Å². The molecule has 1 saturated heterocycles. The molecule has 0 radical (unpaired) electrons. The predicted octanol–water partition coefficient (Wildman–Crippen LogP) is 4.92. The van der Waals surface area contributed by atoms with Crippen molar-refractivity contribution >= 4 is 11.0 Å². The van der Waals surface area contributed by atoms with Crippen molar-refractivity contribution in [3.8, 4) is 5.75 Å². The zero-order valence-electron chi connectivity index (χ0n) is 16.7. The van der Waals surface area contributed by atoms with Crippen LogP contribution in [-0.2, 0) is 13.0 Å². The second kappa shape index (κ2) is 9.74. The zero-order chi connectivity index (χ0) is 19.0. The third-order valence-corrected chi connectivity index (χ3v) is 5.60. The summed E-state index contributed by atoms with van der Waals surface area (Å²) in [6.07, 6.45) is 7.14. The lowest BCUT2D eigenvalue weighted by molar-refractivity contribution is 0.303. The van der Waals surface area contributed by atoms with E-state index in [0.717, 1.165) is 43.7 Å². The maximum absolute atomic E-state index is 5.83. The summed E-state index contributed by atoms with van der Waals surface area (Å²) in [6.45, 7) is 5.53. The Morgan fingerprint density at radius 3 is 2.46 bits per heavy atom. The zero-order valence-corrected chi connectivity index (χ0v) is 16.7. The first-order chi connectivity index (χ1) is 13.9. The molecular formula is C24H31N3O. The largest absolute Gasteiger partial charge is 0.494 e. The fraction of sp³-hybridized carbons (Fsp3) is 0.458. The molecular weight excluding hydrogens is 346 g/mol. The van der Waals surface area contributed by atoms with Crippen LogP contribution < -0.4 is 4.74 Å². The number of hydrogen-bond acceptors (Lipinski definition) is 3. The number of hydrogen-bond donors (Lipinski definition) is 0. The van der Waals surface area contributed by atoms with Crippen LogP contribution in [0.5, 0.6) is 5.75 Å². The minimum atomic E-state index is 0.765. The second-order valence-corrected chi connectivity index (χ2v) is 7.69. The number of imidazole rings is 1. The summed E-state index contributed by atoms with van der Waals surface area (Å²) in [7, 11) is 0. The fourth-order valence-electron chi connectivity index (χ4n) is 4.11. The van der Waals surface area contributed by atoms with Crippen molar-refractivity contribution in [2.75, 3.05) is 26.2 Å². The predicted molar refractivity (Wildman–Crippen MR) is 115 cm³/mol. The van der Waals surface area contributed by atoms with Crippen molar-refractivity contribution < 1.29 is 4.74 Å². The van der Waals surface area contributed by atoms with Crippen LogP contribution in [0.2, 0.25) is 0 Å².